The van der Waals surface area contributed by atoms with Crippen molar-refractivity contribution in [3.63, 3.8) is 0 Å². The van der Waals surface area contributed by atoms with Crippen molar-refractivity contribution in [1.29, 1.82) is 0 Å². The number of carbonyl (C=O) groups excluding carboxylic acids is 1. The maximum absolute atomic E-state index is 12.5. The van der Waals surface area contributed by atoms with Gasteiger partial charge in [-0.1, -0.05) is 25.4 Å². The molecule has 0 bridgehead atoms. The summed E-state index contributed by atoms with van der Waals surface area (Å²) < 4.78 is 0. The SMILES string of the molecule is Cc1cc(C(=O)N2CCCC(C)(C)CC2)cc(Cl)n1. The van der Waals surface area contributed by atoms with Crippen molar-refractivity contribution in [3.05, 3.63) is 28.5 Å². The molecule has 1 aromatic rings. The number of rotatable bonds is 1. The largest absolute Gasteiger partial charge is 0.339 e. The second kappa shape index (κ2) is 5.49. The van der Waals surface area contributed by atoms with Crippen LogP contribution in [0.4, 0.5) is 0 Å². The van der Waals surface area contributed by atoms with Gasteiger partial charge in [-0.15, -0.1) is 0 Å². The first kappa shape index (κ1) is 14.3. The normalized spacial score (nSPS) is 19.1. The Labute approximate surface area is 120 Å². The Bertz CT molecular complexity index is 465. The quantitative estimate of drug-likeness (QED) is 0.735. The van der Waals surface area contributed by atoms with E-state index in [4.69, 9.17) is 11.6 Å². The second-order valence-electron chi connectivity index (χ2n) is 6.13. The summed E-state index contributed by atoms with van der Waals surface area (Å²) in [5.41, 5.74) is 1.77. The summed E-state index contributed by atoms with van der Waals surface area (Å²) >= 11 is 5.93. The summed E-state index contributed by atoms with van der Waals surface area (Å²) in [6.45, 7) is 8.06. The van der Waals surface area contributed by atoms with Crippen LogP contribution in [0.2, 0.25) is 5.15 Å². The minimum Gasteiger partial charge on any atom is -0.339 e. The maximum atomic E-state index is 12.5. The van der Waals surface area contributed by atoms with Crippen molar-refractivity contribution >= 4 is 17.5 Å². The molecule has 0 spiro atoms. The fourth-order valence-corrected chi connectivity index (χ4v) is 2.81. The van der Waals surface area contributed by atoms with Crippen LogP contribution in [-0.4, -0.2) is 28.9 Å². The number of hydrogen-bond acceptors (Lipinski definition) is 2. The van der Waals surface area contributed by atoms with E-state index in [0.29, 0.717) is 16.1 Å². The number of nitrogens with zero attached hydrogens (tertiary/aromatic N) is 2. The summed E-state index contributed by atoms with van der Waals surface area (Å²) in [5.74, 6) is 0.0742. The van der Waals surface area contributed by atoms with Gasteiger partial charge in [0.2, 0.25) is 0 Å². The minimum atomic E-state index is 0.0742. The lowest BCUT2D eigenvalue weighted by molar-refractivity contribution is 0.0757. The molecule has 0 saturated carbocycles. The molecule has 0 aliphatic carbocycles. The number of pyridine rings is 1. The molecule has 0 aromatic carbocycles. The molecule has 2 heterocycles. The average Bonchev–Trinajstić information content (AvgIpc) is 2.48. The van der Waals surface area contributed by atoms with Crippen molar-refractivity contribution in [1.82, 2.24) is 9.88 Å². The van der Waals surface area contributed by atoms with Crippen LogP contribution < -0.4 is 0 Å². The van der Waals surface area contributed by atoms with Crippen molar-refractivity contribution in [2.45, 2.75) is 40.0 Å². The molecule has 19 heavy (non-hydrogen) atoms. The first-order valence-electron chi connectivity index (χ1n) is 6.81. The fourth-order valence-electron chi connectivity index (χ4n) is 2.56. The first-order chi connectivity index (χ1) is 8.87. The van der Waals surface area contributed by atoms with Crippen LogP contribution in [-0.2, 0) is 0 Å². The van der Waals surface area contributed by atoms with Gasteiger partial charge in [0.05, 0.1) is 0 Å². The molecule has 0 radical (unpaired) electrons. The number of aryl methyl sites for hydroxylation is 1. The Morgan fingerprint density at radius 2 is 2.05 bits per heavy atom. The Balaban J connectivity index is 2.15. The van der Waals surface area contributed by atoms with Crippen LogP contribution in [0.25, 0.3) is 0 Å². The van der Waals surface area contributed by atoms with E-state index in [1.807, 2.05) is 17.9 Å². The second-order valence-corrected chi connectivity index (χ2v) is 6.52. The number of carbonyl (C=O) groups is 1. The molecule has 3 nitrogen and oxygen atoms in total. The number of hydrogen-bond donors (Lipinski definition) is 0. The van der Waals surface area contributed by atoms with E-state index in [9.17, 15) is 4.79 Å². The van der Waals surface area contributed by atoms with Gasteiger partial charge in [-0.25, -0.2) is 4.98 Å². The van der Waals surface area contributed by atoms with Crippen LogP contribution in [0.1, 0.15) is 49.2 Å². The molecule has 1 saturated heterocycles. The van der Waals surface area contributed by atoms with Gasteiger partial charge in [-0.2, -0.15) is 0 Å². The molecule has 0 unspecified atom stereocenters. The van der Waals surface area contributed by atoms with E-state index in [1.54, 1.807) is 6.07 Å². The average molecular weight is 281 g/mol. The van der Waals surface area contributed by atoms with E-state index >= 15 is 0 Å². The third-order valence-corrected chi connectivity index (χ3v) is 3.99. The smallest absolute Gasteiger partial charge is 0.254 e. The van der Waals surface area contributed by atoms with Crippen LogP contribution in [0.5, 0.6) is 0 Å². The zero-order valence-electron chi connectivity index (χ0n) is 11.9. The highest BCUT2D eigenvalue weighted by molar-refractivity contribution is 6.29. The van der Waals surface area contributed by atoms with Gasteiger partial charge in [0, 0.05) is 24.3 Å². The Morgan fingerprint density at radius 1 is 1.32 bits per heavy atom. The summed E-state index contributed by atoms with van der Waals surface area (Å²) in [6, 6.07) is 3.47. The van der Waals surface area contributed by atoms with Crippen molar-refractivity contribution in [2.75, 3.05) is 13.1 Å². The van der Waals surface area contributed by atoms with E-state index < -0.39 is 0 Å². The van der Waals surface area contributed by atoms with Gasteiger partial charge >= 0.3 is 0 Å². The molecule has 1 amide bonds. The lowest BCUT2D eigenvalue weighted by Crippen LogP contribution is -2.32. The molecule has 0 atom stereocenters. The van der Waals surface area contributed by atoms with Crippen LogP contribution >= 0.6 is 11.6 Å². The van der Waals surface area contributed by atoms with Crippen molar-refractivity contribution in [3.8, 4) is 0 Å². The van der Waals surface area contributed by atoms with Crippen LogP contribution in [0.15, 0.2) is 12.1 Å². The highest BCUT2D eigenvalue weighted by atomic mass is 35.5. The summed E-state index contributed by atoms with van der Waals surface area (Å²) in [4.78, 5) is 18.5. The third-order valence-electron chi connectivity index (χ3n) is 3.80. The topological polar surface area (TPSA) is 33.2 Å². The summed E-state index contributed by atoms with van der Waals surface area (Å²) in [7, 11) is 0. The molecule has 2 rings (SSSR count). The first-order valence-corrected chi connectivity index (χ1v) is 7.19. The molecule has 1 aliphatic heterocycles. The highest BCUT2D eigenvalue weighted by Gasteiger charge is 2.26. The monoisotopic (exact) mass is 280 g/mol. The molecular weight excluding hydrogens is 260 g/mol. The number of halogens is 1. The minimum absolute atomic E-state index is 0.0742. The van der Waals surface area contributed by atoms with Crippen LogP contribution in [0.3, 0.4) is 0 Å². The zero-order valence-corrected chi connectivity index (χ0v) is 12.6. The van der Waals surface area contributed by atoms with E-state index in [2.05, 4.69) is 18.8 Å². The standard InChI is InChI=1S/C15H21ClN2O/c1-11-9-12(10-13(16)17-11)14(19)18-7-4-5-15(2,3)6-8-18/h9-10H,4-8H2,1-3H3. The van der Waals surface area contributed by atoms with Crippen molar-refractivity contribution < 1.29 is 4.79 Å². The Morgan fingerprint density at radius 3 is 2.74 bits per heavy atom. The van der Waals surface area contributed by atoms with Gasteiger partial charge in [0.25, 0.3) is 5.91 Å². The predicted octanol–water partition coefficient (Wildman–Crippen LogP) is 3.70. The van der Waals surface area contributed by atoms with Gasteiger partial charge in [0.1, 0.15) is 5.15 Å². The lowest BCUT2D eigenvalue weighted by atomic mass is 9.85. The lowest BCUT2D eigenvalue weighted by Gasteiger charge is -2.23. The van der Waals surface area contributed by atoms with E-state index in [0.717, 1.165) is 31.6 Å². The van der Waals surface area contributed by atoms with E-state index in [-0.39, 0.29) is 5.91 Å². The van der Waals surface area contributed by atoms with Gasteiger partial charge < -0.3 is 4.90 Å². The van der Waals surface area contributed by atoms with E-state index in [1.165, 1.54) is 6.42 Å². The van der Waals surface area contributed by atoms with Crippen molar-refractivity contribution in [2.24, 2.45) is 5.41 Å². The molecule has 1 aliphatic rings. The third kappa shape index (κ3) is 3.69. The molecular formula is C15H21ClN2O. The Kier molecular flexibility index (Phi) is 4.14. The van der Waals surface area contributed by atoms with Gasteiger partial charge in [-0.3, -0.25) is 4.79 Å². The molecule has 0 N–H and O–H groups in total. The number of aromatic nitrogens is 1. The maximum Gasteiger partial charge on any atom is 0.254 e. The molecule has 1 aromatic heterocycles. The van der Waals surface area contributed by atoms with Gasteiger partial charge in [0.15, 0.2) is 0 Å². The number of amides is 1. The summed E-state index contributed by atoms with van der Waals surface area (Å²) in [5, 5.41) is 0.388. The molecule has 4 heteroatoms. The fraction of sp³-hybridized carbons (Fsp3) is 0.600. The Hall–Kier alpha value is -1.09. The molecule has 104 valence electrons. The van der Waals surface area contributed by atoms with Crippen LogP contribution in [0, 0.1) is 12.3 Å². The highest BCUT2D eigenvalue weighted by Crippen LogP contribution is 2.30. The predicted molar refractivity (Wildman–Crippen MR) is 77.5 cm³/mol. The molecule has 1 fully saturated rings. The zero-order chi connectivity index (χ0) is 14.0. The number of likely N-dealkylation sites (tertiary alicyclic amines) is 1. The van der Waals surface area contributed by atoms with Gasteiger partial charge in [-0.05, 0) is 43.7 Å². The summed E-state index contributed by atoms with van der Waals surface area (Å²) in [6.07, 6.45) is 3.29.